The van der Waals surface area contributed by atoms with Crippen LogP contribution in [0.3, 0.4) is 0 Å². The van der Waals surface area contributed by atoms with E-state index in [0.717, 1.165) is 36.8 Å². The lowest BCUT2D eigenvalue weighted by molar-refractivity contribution is -0.136. The molecule has 2 aliphatic heterocycles. The summed E-state index contributed by atoms with van der Waals surface area (Å²) in [6.07, 6.45) is 4.32. The number of carbonyl (C=O) groups excluding carboxylic acids is 3. The average Bonchev–Trinajstić information content (AvgIpc) is 3.43. The summed E-state index contributed by atoms with van der Waals surface area (Å²) in [4.78, 5) is 38.7. The van der Waals surface area contributed by atoms with E-state index in [0.29, 0.717) is 17.6 Å². The molecule has 4 rings (SSSR count). The Bertz CT molecular complexity index is 823. The molecule has 1 aliphatic carbocycles. The van der Waals surface area contributed by atoms with Crippen LogP contribution in [-0.4, -0.2) is 47.9 Å². The molecule has 1 N–H and O–H groups in total. The van der Waals surface area contributed by atoms with Crippen LogP contribution in [0.1, 0.15) is 54.9 Å². The second kappa shape index (κ2) is 6.83. The second-order valence-corrected chi connectivity index (χ2v) is 7.60. The SMILES string of the molecule is COC(=O)C1=C(c2ccc(C(C)=O)cc2)C[C@@H]2CC[C@H]1N2C(=O)NC1CC1. The minimum Gasteiger partial charge on any atom is -0.466 e. The van der Waals surface area contributed by atoms with E-state index in [1.807, 2.05) is 17.0 Å². The van der Waals surface area contributed by atoms with Gasteiger partial charge in [0, 0.05) is 17.6 Å². The average molecular weight is 368 g/mol. The van der Waals surface area contributed by atoms with E-state index < -0.39 is 0 Å². The van der Waals surface area contributed by atoms with E-state index in [1.54, 1.807) is 12.1 Å². The van der Waals surface area contributed by atoms with Crippen molar-refractivity contribution in [3.8, 4) is 0 Å². The van der Waals surface area contributed by atoms with Gasteiger partial charge in [0.15, 0.2) is 5.78 Å². The molecule has 1 saturated heterocycles. The van der Waals surface area contributed by atoms with Crippen molar-refractivity contribution in [2.45, 2.75) is 57.2 Å². The number of methoxy groups -OCH3 is 1. The number of nitrogens with zero attached hydrogens (tertiary/aromatic N) is 1. The first-order chi connectivity index (χ1) is 13.0. The van der Waals surface area contributed by atoms with Gasteiger partial charge in [-0.1, -0.05) is 24.3 Å². The van der Waals surface area contributed by atoms with E-state index >= 15 is 0 Å². The van der Waals surface area contributed by atoms with Crippen molar-refractivity contribution in [1.82, 2.24) is 10.2 Å². The Morgan fingerprint density at radius 1 is 1.07 bits per heavy atom. The summed E-state index contributed by atoms with van der Waals surface area (Å²) < 4.78 is 5.07. The maximum absolute atomic E-state index is 12.7. The van der Waals surface area contributed by atoms with Crippen molar-refractivity contribution < 1.29 is 19.1 Å². The first kappa shape index (κ1) is 17.8. The topological polar surface area (TPSA) is 75.7 Å². The largest absolute Gasteiger partial charge is 0.466 e. The molecule has 1 saturated carbocycles. The number of carbonyl (C=O) groups is 3. The van der Waals surface area contributed by atoms with Crippen molar-refractivity contribution >= 4 is 23.4 Å². The lowest BCUT2D eigenvalue weighted by Gasteiger charge is -2.37. The van der Waals surface area contributed by atoms with Crippen molar-refractivity contribution in [2.24, 2.45) is 0 Å². The summed E-state index contributed by atoms with van der Waals surface area (Å²) in [5, 5.41) is 3.05. The van der Waals surface area contributed by atoms with Crippen molar-refractivity contribution in [1.29, 1.82) is 0 Å². The van der Waals surface area contributed by atoms with Gasteiger partial charge in [0.1, 0.15) is 0 Å². The van der Waals surface area contributed by atoms with Crippen LogP contribution in [0.5, 0.6) is 0 Å². The van der Waals surface area contributed by atoms with Crippen LogP contribution >= 0.6 is 0 Å². The molecule has 2 heterocycles. The fourth-order valence-corrected chi connectivity index (χ4v) is 4.25. The summed E-state index contributed by atoms with van der Waals surface area (Å²) in [5.74, 6) is -0.370. The Kier molecular flexibility index (Phi) is 4.50. The van der Waals surface area contributed by atoms with Crippen LogP contribution < -0.4 is 5.32 Å². The molecule has 27 heavy (non-hydrogen) atoms. The fourth-order valence-electron chi connectivity index (χ4n) is 4.25. The summed E-state index contributed by atoms with van der Waals surface area (Å²) in [5.41, 5.74) is 3.07. The zero-order valence-corrected chi connectivity index (χ0v) is 15.7. The van der Waals surface area contributed by atoms with Gasteiger partial charge in [-0.15, -0.1) is 0 Å². The number of esters is 1. The third-order valence-corrected chi connectivity index (χ3v) is 5.79. The van der Waals surface area contributed by atoms with Gasteiger partial charge in [0.05, 0.1) is 18.7 Å². The van der Waals surface area contributed by atoms with Crippen LogP contribution in [0, 0.1) is 0 Å². The molecule has 1 aromatic rings. The lowest BCUT2D eigenvalue weighted by Crippen LogP contribution is -2.51. The molecular weight excluding hydrogens is 344 g/mol. The van der Waals surface area contributed by atoms with Crippen LogP contribution in [0.15, 0.2) is 29.8 Å². The number of nitrogens with one attached hydrogen (secondary N) is 1. The zero-order valence-electron chi connectivity index (χ0n) is 15.7. The molecule has 0 radical (unpaired) electrons. The van der Waals surface area contributed by atoms with Crippen LogP contribution in [0.25, 0.3) is 5.57 Å². The predicted octanol–water partition coefficient (Wildman–Crippen LogP) is 2.92. The van der Waals surface area contributed by atoms with Crippen molar-refractivity contribution in [3.63, 3.8) is 0 Å². The summed E-state index contributed by atoms with van der Waals surface area (Å²) in [7, 11) is 1.38. The third-order valence-electron chi connectivity index (χ3n) is 5.79. The van der Waals surface area contributed by atoms with Crippen LogP contribution in [0.2, 0.25) is 0 Å². The molecular formula is C21H24N2O4. The van der Waals surface area contributed by atoms with E-state index in [4.69, 9.17) is 4.74 Å². The van der Waals surface area contributed by atoms with Gasteiger partial charge in [0.2, 0.25) is 0 Å². The second-order valence-electron chi connectivity index (χ2n) is 7.60. The van der Waals surface area contributed by atoms with E-state index in [2.05, 4.69) is 5.32 Å². The first-order valence-electron chi connectivity index (χ1n) is 9.51. The quantitative estimate of drug-likeness (QED) is 0.655. The smallest absolute Gasteiger partial charge is 0.336 e. The molecule has 3 aliphatic rings. The van der Waals surface area contributed by atoms with Gasteiger partial charge < -0.3 is 15.0 Å². The lowest BCUT2D eigenvalue weighted by atomic mass is 9.88. The maximum atomic E-state index is 12.7. The third kappa shape index (κ3) is 3.24. The highest BCUT2D eigenvalue weighted by Crippen LogP contribution is 2.43. The minimum absolute atomic E-state index is 0.00959. The monoisotopic (exact) mass is 368 g/mol. The minimum atomic E-state index is -0.379. The first-order valence-corrected chi connectivity index (χ1v) is 9.51. The van der Waals surface area contributed by atoms with E-state index in [9.17, 15) is 14.4 Å². The number of urea groups is 1. The van der Waals surface area contributed by atoms with Gasteiger partial charge in [-0.3, -0.25) is 4.79 Å². The highest BCUT2D eigenvalue weighted by atomic mass is 16.5. The molecule has 142 valence electrons. The molecule has 2 atom stereocenters. The molecule has 0 unspecified atom stereocenters. The summed E-state index contributed by atoms with van der Waals surface area (Å²) >= 11 is 0. The number of ether oxygens (including phenoxy) is 1. The molecule has 2 fully saturated rings. The molecule has 6 nitrogen and oxygen atoms in total. The molecule has 2 bridgehead atoms. The van der Waals surface area contributed by atoms with Gasteiger partial charge in [-0.2, -0.15) is 0 Å². The number of amides is 2. The number of fused-ring (bicyclic) bond motifs is 2. The van der Waals surface area contributed by atoms with Gasteiger partial charge >= 0.3 is 12.0 Å². The Morgan fingerprint density at radius 2 is 1.78 bits per heavy atom. The Labute approximate surface area is 158 Å². The fraction of sp³-hybridized carbons (Fsp3) is 0.476. The number of rotatable bonds is 4. The predicted molar refractivity (Wildman–Crippen MR) is 100 cm³/mol. The number of hydrogen-bond donors (Lipinski definition) is 1. The summed E-state index contributed by atoms with van der Waals surface area (Å²) in [6.45, 7) is 1.53. The van der Waals surface area contributed by atoms with Crippen LogP contribution in [-0.2, 0) is 9.53 Å². The molecule has 0 spiro atoms. The van der Waals surface area contributed by atoms with Crippen molar-refractivity contribution in [3.05, 3.63) is 41.0 Å². The Hall–Kier alpha value is -2.63. The Balaban J connectivity index is 1.71. The van der Waals surface area contributed by atoms with Crippen LogP contribution in [0.4, 0.5) is 4.79 Å². The van der Waals surface area contributed by atoms with Gasteiger partial charge in [-0.25, -0.2) is 9.59 Å². The van der Waals surface area contributed by atoms with Crippen molar-refractivity contribution in [2.75, 3.05) is 7.11 Å². The molecule has 6 heteroatoms. The molecule has 0 aromatic heterocycles. The van der Waals surface area contributed by atoms with E-state index in [1.165, 1.54) is 14.0 Å². The normalized spacial score (nSPS) is 24.0. The van der Waals surface area contributed by atoms with Gasteiger partial charge in [-0.05, 0) is 50.2 Å². The van der Waals surface area contributed by atoms with Gasteiger partial charge in [0.25, 0.3) is 0 Å². The summed E-state index contributed by atoms with van der Waals surface area (Å²) in [6, 6.07) is 7.38. The standard InChI is InChI=1S/C21H24N2O4/c1-12(24)13-3-5-14(6-4-13)17-11-16-9-10-18(19(17)20(25)27-2)23(16)21(26)22-15-7-8-15/h3-6,15-16,18H,7-11H2,1-2H3,(H,22,26)/t16-,18+/m0/s1. The highest BCUT2D eigenvalue weighted by molar-refractivity contribution is 6.01. The number of benzene rings is 1. The zero-order chi connectivity index (χ0) is 19.1. The number of hydrogen-bond acceptors (Lipinski definition) is 4. The molecule has 1 aromatic carbocycles. The van der Waals surface area contributed by atoms with E-state index in [-0.39, 0.29) is 35.9 Å². The Morgan fingerprint density at radius 3 is 2.37 bits per heavy atom. The number of Topliss-reactive ketones (excluding diaryl/α,β-unsaturated/α-hetero) is 1. The highest BCUT2D eigenvalue weighted by Gasteiger charge is 2.47. The maximum Gasteiger partial charge on any atom is 0.336 e. The number of ketones is 1. The molecule has 2 amide bonds.